The van der Waals surface area contributed by atoms with Crippen LogP contribution in [0.3, 0.4) is 0 Å². The molecule has 1 N–H and O–H groups in total. The zero-order valence-corrected chi connectivity index (χ0v) is 15.3. The molecule has 0 aliphatic carbocycles. The SMILES string of the molecule is O=C1OC(N2C(=O)CCC2C(=O)Nc2ccc(OC(F)(F)F)cc2)c2ccccc21. The van der Waals surface area contributed by atoms with Gasteiger partial charge < -0.3 is 14.8 Å². The molecule has 2 unspecified atom stereocenters. The largest absolute Gasteiger partial charge is 0.573 e. The summed E-state index contributed by atoms with van der Waals surface area (Å²) in [6.45, 7) is 0. The number of amides is 2. The van der Waals surface area contributed by atoms with Crippen LogP contribution in [0, 0.1) is 0 Å². The van der Waals surface area contributed by atoms with Crippen LogP contribution in [-0.2, 0) is 14.3 Å². The van der Waals surface area contributed by atoms with Crippen molar-refractivity contribution in [2.75, 3.05) is 5.32 Å². The van der Waals surface area contributed by atoms with E-state index in [1.165, 1.54) is 17.0 Å². The molecule has 7 nitrogen and oxygen atoms in total. The van der Waals surface area contributed by atoms with Gasteiger partial charge in [0.05, 0.1) is 5.56 Å². The highest BCUT2D eigenvalue weighted by atomic mass is 19.4. The molecule has 1 fully saturated rings. The van der Waals surface area contributed by atoms with Crippen LogP contribution in [0.2, 0.25) is 0 Å². The number of hydrogen-bond donors (Lipinski definition) is 1. The summed E-state index contributed by atoms with van der Waals surface area (Å²) in [5, 5.41) is 2.57. The minimum Gasteiger partial charge on any atom is -0.433 e. The second kappa shape index (κ2) is 7.36. The zero-order chi connectivity index (χ0) is 21.5. The number of rotatable bonds is 4. The van der Waals surface area contributed by atoms with E-state index in [1.54, 1.807) is 24.3 Å². The van der Waals surface area contributed by atoms with Gasteiger partial charge >= 0.3 is 12.3 Å². The predicted octanol–water partition coefficient (Wildman–Crippen LogP) is 3.38. The van der Waals surface area contributed by atoms with Gasteiger partial charge in [0, 0.05) is 17.7 Å². The summed E-state index contributed by atoms with van der Waals surface area (Å²) in [5.41, 5.74) is 1.07. The lowest BCUT2D eigenvalue weighted by molar-refractivity contribution is -0.274. The van der Waals surface area contributed by atoms with Crippen molar-refractivity contribution in [3.8, 4) is 5.75 Å². The number of carbonyl (C=O) groups excluding carboxylic acids is 3. The molecule has 2 heterocycles. The molecule has 2 atom stereocenters. The van der Waals surface area contributed by atoms with Gasteiger partial charge in [-0.2, -0.15) is 0 Å². The third kappa shape index (κ3) is 3.80. The Balaban J connectivity index is 1.50. The molecule has 2 amide bonds. The summed E-state index contributed by atoms with van der Waals surface area (Å²) in [4.78, 5) is 38.6. The van der Waals surface area contributed by atoms with Gasteiger partial charge in [0.25, 0.3) is 0 Å². The molecule has 0 aromatic heterocycles. The minimum atomic E-state index is -4.81. The maximum absolute atomic E-state index is 12.8. The Morgan fingerprint density at radius 1 is 1.10 bits per heavy atom. The molecule has 1 saturated heterocycles. The van der Waals surface area contributed by atoms with Crippen LogP contribution in [0.1, 0.15) is 35.0 Å². The molecule has 2 aliphatic rings. The Hall–Kier alpha value is -3.56. The van der Waals surface area contributed by atoms with Crippen molar-refractivity contribution in [3.63, 3.8) is 0 Å². The molecule has 4 rings (SSSR count). The summed E-state index contributed by atoms with van der Waals surface area (Å²) >= 11 is 0. The Bertz CT molecular complexity index is 1010. The number of ether oxygens (including phenoxy) is 2. The molecule has 0 spiro atoms. The van der Waals surface area contributed by atoms with Gasteiger partial charge in [0.2, 0.25) is 18.0 Å². The van der Waals surface area contributed by atoms with Crippen LogP contribution >= 0.6 is 0 Å². The summed E-state index contributed by atoms with van der Waals surface area (Å²) in [6, 6.07) is 10.4. The molecule has 0 saturated carbocycles. The van der Waals surface area contributed by atoms with E-state index in [9.17, 15) is 27.6 Å². The monoisotopic (exact) mass is 420 g/mol. The average Bonchev–Trinajstić information content (AvgIpc) is 3.22. The first-order valence-electron chi connectivity index (χ1n) is 9.01. The Morgan fingerprint density at radius 2 is 1.80 bits per heavy atom. The zero-order valence-electron chi connectivity index (χ0n) is 15.3. The minimum absolute atomic E-state index is 0.104. The second-order valence-electron chi connectivity index (χ2n) is 6.76. The number of benzene rings is 2. The van der Waals surface area contributed by atoms with Crippen LogP contribution in [-0.4, -0.2) is 35.1 Å². The molecule has 2 aliphatic heterocycles. The summed E-state index contributed by atoms with van der Waals surface area (Å²) in [6.07, 6.45) is -5.49. The van der Waals surface area contributed by atoms with Crippen molar-refractivity contribution in [1.82, 2.24) is 4.90 Å². The van der Waals surface area contributed by atoms with Crippen molar-refractivity contribution >= 4 is 23.5 Å². The number of halogens is 3. The standard InChI is InChI=1S/C20H15F3N2O5/c21-20(22,23)30-12-7-5-11(6-8-12)24-17(27)15-9-10-16(26)25(15)18-13-3-1-2-4-14(13)19(28)29-18/h1-8,15,18H,9-10H2,(H,24,27). The predicted molar refractivity (Wildman–Crippen MR) is 96.2 cm³/mol. The Morgan fingerprint density at radius 3 is 2.50 bits per heavy atom. The maximum atomic E-state index is 12.8. The van der Waals surface area contributed by atoms with Gasteiger partial charge in [-0.15, -0.1) is 13.2 Å². The molecule has 2 aromatic carbocycles. The first kappa shape index (κ1) is 19.7. The number of nitrogens with one attached hydrogen (secondary N) is 1. The third-order valence-corrected chi connectivity index (χ3v) is 4.83. The molecular weight excluding hydrogens is 405 g/mol. The smallest absolute Gasteiger partial charge is 0.433 e. The summed E-state index contributed by atoms with van der Waals surface area (Å²) in [5.74, 6) is -1.87. The van der Waals surface area contributed by atoms with Crippen molar-refractivity contribution in [3.05, 3.63) is 59.7 Å². The number of fused-ring (bicyclic) bond motifs is 1. The number of esters is 1. The number of likely N-dealkylation sites (tertiary alicyclic amines) is 1. The number of anilines is 1. The van der Waals surface area contributed by atoms with Crippen molar-refractivity contribution in [2.45, 2.75) is 31.5 Å². The van der Waals surface area contributed by atoms with Crippen LogP contribution < -0.4 is 10.1 Å². The van der Waals surface area contributed by atoms with Crippen molar-refractivity contribution < 1.29 is 37.0 Å². The van der Waals surface area contributed by atoms with Gasteiger partial charge in [-0.3, -0.25) is 14.5 Å². The highest BCUT2D eigenvalue weighted by Crippen LogP contribution is 2.38. The van der Waals surface area contributed by atoms with Crippen LogP contribution in [0.25, 0.3) is 0 Å². The van der Waals surface area contributed by atoms with E-state index in [-0.39, 0.29) is 24.4 Å². The quantitative estimate of drug-likeness (QED) is 0.767. The normalized spacial score (nSPS) is 20.7. The lowest BCUT2D eigenvalue weighted by Crippen LogP contribution is -2.43. The topological polar surface area (TPSA) is 84.9 Å². The van der Waals surface area contributed by atoms with E-state index < -0.39 is 36.3 Å². The fraction of sp³-hybridized carbons (Fsp3) is 0.250. The average molecular weight is 420 g/mol. The fourth-order valence-corrected chi connectivity index (χ4v) is 3.55. The van der Waals surface area contributed by atoms with Gasteiger partial charge in [0.1, 0.15) is 11.8 Å². The number of alkyl halides is 3. The fourth-order valence-electron chi connectivity index (χ4n) is 3.55. The van der Waals surface area contributed by atoms with E-state index in [0.29, 0.717) is 11.1 Å². The van der Waals surface area contributed by atoms with E-state index in [2.05, 4.69) is 10.1 Å². The molecular formula is C20H15F3N2O5. The number of hydrogen-bond acceptors (Lipinski definition) is 5. The summed E-state index contributed by atoms with van der Waals surface area (Å²) in [7, 11) is 0. The molecule has 0 bridgehead atoms. The van der Waals surface area contributed by atoms with E-state index in [1.807, 2.05) is 0 Å². The first-order chi connectivity index (χ1) is 14.2. The molecule has 2 aromatic rings. The van der Waals surface area contributed by atoms with E-state index in [0.717, 1.165) is 12.1 Å². The van der Waals surface area contributed by atoms with Gasteiger partial charge in [0.15, 0.2) is 0 Å². The molecule has 10 heteroatoms. The van der Waals surface area contributed by atoms with Crippen LogP contribution in [0.4, 0.5) is 18.9 Å². The Labute approximate surface area is 168 Å². The molecule has 156 valence electrons. The van der Waals surface area contributed by atoms with Gasteiger partial charge in [-0.25, -0.2) is 4.79 Å². The third-order valence-electron chi connectivity index (χ3n) is 4.83. The number of nitrogens with zero attached hydrogens (tertiary/aromatic N) is 1. The molecule has 30 heavy (non-hydrogen) atoms. The number of cyclic esters (lactones) is 1. The first-order valence-corrected chi connectivity index (χ1v) is 9.01. The molecule has 0 radical (unpaired) electrons. The lowest BCUT2D eigenvalue weighted by Gasteiger charge is -2.29. The van der Waals surface area contributed by atoms with Crippen molar-refractivity contribution in [2.24, 2.45) is 0 Å². The highest BCUT2D eigenvalue weighted by molar-refractivity contribution is 6.00. The van der Waals surface area contributed by atoms with Gasteiger partial charge in [-0.1, -0.05) is 18.2 Å². The van der Waals surface area contributed by atoms with Crippen LogP contribution in [0.5, 0.6) is 5.75 Å². The Kier molecular flexibility index (Phi) is 4.84. The summed E-state index contributed by atoms with van der Waals surface area (Å²) < 4.78 is 45.9. The lowest BCUT2D eigenvalue weighted by atomic mass is 10.1. The van der Waals surface area contributed by atoms with E-state index >= 15 is 0 Å². The number of carbonyl (C=O) groups is 3. The second-order valence-corrected chi connectivity index (χ2v) is 6.76. The van der Waals surface area contributed by atoms with Crippen LogP contribution in [0.15, 0.2) is 48.5 Å². The maximum Gasteiger partial charge on any atom is 0.573 e. The van der Waals surface area contributed by atoms with E-state index in [4.69, 9.17) is 4.74 Å². The highest BCUT2D eigenvalue weighted by Gasteiger charge is 2.46. The van der Waals surface area contributed by atoms with Crippen molar-refractivity contribution in [1.29, 1.82) is 0 Å². The van der Waals surface area contributed by atoms with Gasteiger partial charge in [-0.05, 0) is 36.8 Å².